The Kier molecular flexibility index (Phi) is 9.88. The number of nitrogens with one attached hydrogen (secondary N) is 1. The number of aryl methyl sites for hydroxylation is 1. The van der Waals surface area contributed by atoms with Crippen LogP contribution in [0.25, 0.3) is 0 Å². The average Bonchev–Trinajstić information content (AvgIpc) is 2.90. The molecule has 0 saturated heterocycles. The summed E-state index contributed by atoms with van der Waals surface area (Å²) in [6.45, 7) is 4.70. The minimum atomic E-state index is -4.19. The first kappa shape index (κ1) is 29.1. The molecule has 0 spiro atoms. The first-order valence-corrected chi connectivity index (χ1v) is 14.0. The topological polar surface area (TPSA) is 86.8 Å². The van der Waals surface area contributed by atoms with Crippen LogP contribution in [0.2, 0.25) is 5.02 Å². The summed E-state index contributed by atoms with van der Waals surface area (Å²) in [4.78, 5) is 27.8. The van der Waals surface area contributed by atoms with Gasteiger partial charge in [0.2, 0.25) is 11.8 Å². The number of amides is 2. The summed E-state index contributed by atoms with van der Waals surface area (Å²) in [5.74, 6) is -1.62. The molecule has 3 aromatic rings. The van der Waals surface area contributed by atoms with Crippen LogP contribution in [0.15, 0.2) is 77.7 Å². The molecule has 3 rings (SSSR count). The number of sulfonamides is 1. The van der Waals surface area contributed by atoms with Gasteiger partial charge in [-0.1, -0.05) is 54.9 Å². The highest BCUT2D eigenvalue weighted by molar-refractivity contribution is 7.92. The van der Waals surface area contributed by atoms with Crippen molar-refractivity contribution in [3.05, 3.63) is 94.8 Å². The normalized spacial score (nSPS) is 12.0. The highest BCUT2D eigenvalue weighted by atomic mass is 35.5. The predicted octanol–water partition coefficient (Wildman–Crippen LogP) is 4.93. The van der Waals surface area contributed by atoms with E-state index in [1.165, 1.54) is 48.2 Å². The molecular weight excluding hydrogens is 529 g/mol. The monoisotopic (exact) mass is 559 g/mol. The maximum absolute atomic E-state index is 14.6. The second-order valence-electron chi connectivity index (χ2n) is 8.84. The van der Waals surface area contributed by atoms with Crippen molar-refractivity contribution in [2.75, 3.05) is 17.4 Å². The third-order valence-corrected chi connectivity index (χ3v) is 8.06. The molecule has 0 saturated carbocycles. The minimum Gasteiger partial charge on any atom is -0.354 e. The Morgan fingerprint density at radius 1 is 1.03 bits per heavy atom. The van der Waals surface area contributed by atoms with Gasteiger partial charge in [-0.3, -0.25) is 13.9 Å². The van der Waals surface area contributed by atoms with E-state index in [0.717, 1.165) is 4.31 Å². The first-order chi connectivity index (χ1) is 18.1. The lowest BCUT2D eigenvalue weighted by Gasteiger charge is -2.32. The summed E-state index contributed by atoms with van der Waals surface area (Å²) in [6, 6.07) is 17.4. The first-order valence-electron chi connectivity index (χ1n) is 12.2. The van der Waals surface area contributed by atoms with Crippen molar-refractivity contribution >= 4 is 39.1 Å². The number of carbonyl (C=O) groups excluding carboxylic acids is 2. The number of carbonyl (C=O) groups is 2. The zero-order chi connectivity index (χ0) is 27.9. The summed E-state index contributed by atoms with van der Waals surface area (Å²) in [5.41, 5.74) is 1.01. The van der Waals surface area contributed by atoms with Crippen LogP contribution in [-0.4, -0.2) is 44.3 Å². The Labute approximate surface area is 228 Å². The highest BCUT2D eigenvalue weighted by Gasteiger charge is 2.33. The summed E-state index contributed by atoms with van der Waals surface area (Å²) in [6.07, 6.45) is 0.693. The summed E-state index contributed by atoms with van der Waals surface area (Å²) >= 11 is 6.11. The van der Waals surface area contributed by atoms with Gasteiger partial charge in [-0.15, -0.1) is 0 Å². The van der Waals surface area contributed by atoms with E-state index in [9.17, 15) is 22.4 Å². The molecule has 202 valence electrons. The van der Waals surface area contributed by atoms with Crippen LogP contribution in [0.1, 0.15) is 31.4 Å². The van der Waals surface area contributed by atoms with Crippen molar-refractivity contribution < 1.29 is 22.4 Å². The fraction of sp³-hybridized carbons (Fsp3) is 0.286. The Morgan fingerprint density at radius 3 is 2.32 bits per heavy atom. The largest absolute Gasteiger partial charge is 0.354 e. The van der Waals surface area contributed by atoms with Gasteiger partial charge in [0.25, 0.3) is 10.0 Å². The molecule has 0 aliphatic heterocycles. The van der Waals surface area contributed by atoms with Crippen LogP contribution >= 0.6 is 11.6 Å². The predicted molar refractivity (Wildman–Crippen MR) is 147 cm³/mol. The molecule has 0 heterocycles. The summed E-state index contributed by atoms with van der Waals surface area (Å²) < 4.78 is 43.1. The molecule has 0 bridgehead atoms. The molecule has 3 aromatic carbocycles. The second kappa shape index (κ2) is 12.9. The molecule has 0 fully saturated rings. The van der Waals surface area contributed by atoms with E-state index in [4.69, 9.17) is 11.6 Å². The van der Waals surface area contributed by atoms with E-state index in [1.807, 2.05) is 6.92 Å². The van der Waals surface area contributed by atoms with Crippen LogP contribution < -0.4 is 9.62 Å². The second-order valence-corrected chi connectivity index (χ2v) is 11.1. The van der Waals surface area contributed by atoms with E-state index >= 15 is 0 Å². The molecule has 1 atom stereocenters. The Balaban J connectivity index is 2.05. The van der Waals surface area contributed by atoms with Crippen LogP contribution in [0.3, 0.4) is 0 Å². The molecule has 1 unspecified atom stereocenters. The Hall–Kier alpha value is -3.43. The summed E-state index contributed by atoms with van der Waals surface area (Å²) in [7, 11) is -4.19. The summed E-state index contributed by atoms with van der Waals surface area (Å²) in [5, 5.41) is 3.17. The molecule has 0 aromatic heterocycles. The van der Waals surface area contributed by atoms with E-state index in [-0.39, 0.29) is 22.7 Å². The van der Waals surface area contributed by atoms with Gasteiger partial charge in [0.05, 0.1) is 10.6 Å². The lowest BCUT2D eigenvalue weighted by atomic mass is 10.1. The van der Waals surface area contributed by atoms with Crippen molar-refractivity contribution in [1.82, 2.24) is 10.2 Å². The number of rotatable bonds is 11. The lowest BCUT2D eigenvalue weighted by Crippen LogP contribution is -2.51. The zero-order valence-electron chi connectivity index (χ0n) is 21.5. The molecule has 38 heavy (non-hydrogen) atoms. The molecule has 10 heteroatoms. The van der Waals surface area contributed by atoms with Crippen molar-refractivity contribution in [2.24, 2.45) is 0 Å². The maximum atomic E-state index is 14.6. The van der Waals surface area contributed by atoms with E-state index in [2.05, 4.69) is 5.32 Å². The Morgan fingerprint density at radius 2 is 1.68 bits per heavy atom. The van der Waals surface area contributed by atoms with Crippen LogP contribution in [0.4, 0.5) is 10.1 Å². The van der Waals surface area contributed by atoms with Crippen LogP contribution in [0.5, 0.6) is 0 Å². The number of nitrogens with zero attached hydrogens (tertiary/aromatic N) is 2. The van der Waals surface area contributed by atoms with Crippen LogP contribution in [-0.2, 0) is 26.2 Å². The third kappa shape index (κ3) is 6.90. The molecule has 0 aliphatic carbocycles. The number of anilines is 1. The van der Waals surface area contributed by atoms with E-state index < -0.39 is 40.2 Å². The van der Waals surface area contributed by atoms with Gasteiger partial charge in [0, 0.05) is 23.7 Å². The van der Waals surface area contributed by atoms with Gasteiger partial charge < -0.3 is 10.2 Å². The smallest absolute Gasteiger partial charge is 0.264 e. The Bertz CT molecular complexity index is 1390. The van der Waals surface area contributed by atoms with Crippen molar-refractivity contribution in [1.29, 1.82) is 0 Å². The standard InChI is InChI=1S/C28H31ClFN3O4S/c1-4-16-31-28(35)21(3)32(18-22-10-8-9-13-25(22)30)27(34)19-33(26-15-14-23(29)17-20(26)2)38(36,37)24-11-6-5-7-12-24/h5-15,17,21H,4,16,18-19H2,1-3H3,(H,31,35). The molecule has 2 amide bonds. The van der Waals surface area contributed by atoms with Crippen LogP contribution in [0, 0.1) is 12.7 Å². The molecule has 0 aliphatic rings. The quantitative estimate of drug-likeness (QED) is 0.361. The number of benzene rings is 3. The maximum Gasteiger partial charge on any atom is 0.264 e. The molecule has 1 N–H and O–H groups in total. The van der Waals surface area contributed by atoms with E-state index in [0.29, 0.717) is 23.6 Å². The average molecular weight is 560 g/mol. The van der Waals surface area contributed by atoms with Gasteiger partial charge in [0.15, 0.2) is 0 Å². The molecule has 0 radical (unpaired) electrons. The highest BCUT2D eigenvalue weighted by Crippen LogP contribution is 2.29. The number of hydrogen-bond donors (Lipinski definition) is 1. The fourth-order valence-corrected chi connectivity index (χ4v) is 5.65. The van der Waals surface area contributed by atoms with Gasteiger partial charge >= 0.3 is 0 Å². The van der Waals surface area contributed by atoms with E-state index in [1.54, 1.807) is 43.3 Å². The SMILES string of the molecule is CCCNC(=O)C(C)N(Cc1ccccc1F)C(=O)CN(c1ccc(Cl)cc1C)S(=O)(=O)c1ccccc1. The van der Waals surface area contributed by atoms with Crippen molar-refractivity contribution in [3.63, 3.8) is 0 Å². The van der Waals surface area contributed by atoms with Gasteiger partial charge in [-0.25, -0.2) is 12.8 Å². The minimum absolute atomic E-state index is 0.00320. The van der Waals surface area contributed by atoms with Crippen molar-refractivity contribution in [3.8, 4) is 0 Å². The fourth-order valence-electron chi connectivity index (χ4n) is 3.92. The van der Waals surface area contributed by atoms with Crippen molar-refractivity contribution in [2.45, 2.75) is 44.7 Å². The number of halogens is 2. The zero-order valence-corrected chi connectivity index (χ0v) is 23.1. The van der Waals surface area contributed by atoms with Gasteiger partial charge in [-0.2, -0.15) is 0 Å². The van der Waals surface area contributed by atoms with Gasteiger partial charge in [0.1, 0.15) is 18.4 Å². The molecular formula is C28H31ClFN3O4S. The van der Waals surface area contributed by atoms with Gasteiger partial charge in [-0.05, 0) is 62.2 Å². The lowest BCUT2D eigenvalue weighted by molar-refractivity contribution is -0.139. The molecule has 7 nitrogen and oxygen atoms in total. The third-order valence-electron chi connectivity index (χ3n) is 6.05. The number of hydrogen-bond acceptors (Lipinski definition) is 4.